The summed E-state index contributed by atoms with van der Waals surface area (Å²) < 4.78 is 27.5. The third kappa shape index (κ3) is 5.33. The van der Waals surface area contributed by atoms with Gasteiger partial charge in [-0.25, -0.2) is 13.4 Å². The van der Waals surface area contributed by atoms with Gasteiger partial charge in [-0.2, -0.15) is 9.41 Å². The van der Waals surface area contributed by atoms with Crippen molar-refractivity contribution in [1.29, 1.82) is 0 Å². The lowest BCUT2D eigenvalue weighted by Crippen LogP contribution is -2.31. The summed E-state index contributed by atoms with van der Waals surface area (Å²) in [5.74, 6) is 0. The Bertz CT molecular complexity index is 1150. The summed E-state index contributed by atoms with van der Waals surface area (Å²) in [5.41, 5.74) is 5.34. The largest absolute Gasteiger partial charge is 0.253 e. The molecule has 3 aromatic rings. The number of hydrogen-bond acceptors (Lipinski definition) is 6. The zero-order valence-corrected chi connectivity index (χ0v) is 19.3. The molecule has 0 atom stereocenters. The van der Waals surface area contributed by atoms with E-state index in [9.17, 15) is 8.42 Å². The van der Waals surface area contributed by atoms with Gasteiger partial charge in [0, 0.05) is 34.6 Å². The highest BCUT2D eigenvalue weighted by molar-refractivity contribution is 7.89. The van der Waals surface area contributed by atoms with Gasteiger partial charge in [-0.3, -0.25) is 5.43 Å². The van der Waals surface area contributed by atoms with E-state index in [1.165, 1.54) is 11.3 Å². The van der Waals surface area contributed by atoms with Gasteiger partial charge < -0.3 is 0 Å². The molecule has 0 radical (unpaired) electrons. The summed E-state index contributed by atoms with van der Waals surface area (Å²) in [4.78, 5) is 4.86. The Morgan fingerprint density at radius 1 is 1.03 bits per heavy atom. The molecule has 162 valence electrons. The number of hydrogen-bond donors (Lipinski definition) is 1. The van der Waals surface area contributed by atoms with Crippen LogP contribution in [0.2, 0.25) is 5.02 Å². The predicted molar refractivity (Wildman–Crippen MR) is 127 cm³/mol. The molecule has 1 aliphatic heterocycles. The van der Waals surface area contributed by atoms with E-state index in [0.717, 1.165) is 42.5 Å². The normalized spacial score (nSPS) is 15.8. The van der Waals surface area contributed by atoms with Gasteiger partial charge in [0.25, 0.3) is 0 Å². The number of anilines is 1. The van der Waals surface area contributed by atoms with Crippen LogP contribution in [0.1, 0.15) is 31.2 Å². The second kappa shape index (κ2) is 9.91. The van der Waals surface area contributed by atoms with Gasteiger partial charge in [0.15, 0.2) is 0 Å². The molecule has 9 heteroatoms. The zero-order chi connectivity index (χ0) is 21.7. The molecule has 1 N–H and O–H groups in total. The minimum absolute atomic E-state index is 0.330. The van der Waals surface area contributed by atoms with Crippen LogP contribution in [0.4, 0.5) is 5.13 Å². The van der Waals surface area contributed by atoms with Gasteiger partial charge in [0.1, 0.15) is 0 Å². The molecule has 2 aromatic carbocycles. The first-order valence-corrected chi connectivity index (χ1v) is 12.8. The van der Waals surface area contributed by atoms with Crippen molar-refractivity contribution in [2.24, 2.45) is 5.10 Å². The van der Waals surface area contributed by atoms with E-state index < -0.39 is 10.0 Å². The van der Waals surface area contributed by atoms with Crippen LogP contribution in [-0.2, 0) is 10.0 Å². The molecule has 0 aliphatic carbocycles. The van der Waals surface area contributed by atoms with E-state index in [-0.39, 0.29) is 0 Å². The molecule has 0 spiro atoms. The minimum Gasteiger partial charge on any atom is -0.253 e. The molecular weight excluding hydrogens is 452 g/mol. The fourth-order valence-corrected chi connectivity index (χ4v) is 5.79. The van der Waals surface area contributed by atoms with Gasteiger partial charge in [-0.05, 0) is 31.0 Å². The molecule has 1 aromatic heterocycles. The number of rotatable bonds is 6. The fourth-order valence-electron chi connectivity index (χ4n) is 3.42. The number of benzene rings is 2. The third-order valence-electron chi connectivity index (χ3n) is 5.13. The van der Waals surface area contributed by atoms with Gasteiger partial charge >= 0.3 is 0 Å². The quantitative estimate of drug-likeness (QED) is 0.379. The van der Waals surface area contributed by atoms with E-state index in [1.807, 2.05) is 23.6 Å². The molecule has 0 unspecified atom stereocenters. The molecule has 4 rings (SSSR count). The lowest BCUT2D eigenvalue weighted by molar-refractivity contribution is 0.424. The highest BCUT2D eigenvalue weighted by Gasteiger charge is 2.25. The predicted octanol–water partition coefficient (Wildman–Crippen LogP) is 5.47. The van der Waals surface area contributed by atoms with Crippen molar-refractivity contribution in [2.75, 3.05) is 18.5 Å². The Hall–Kier alpha value is -2.26. The lowest BCUT2D eigenvalue weighted by Gasteiger charge is -2.19. The first-order valence-electron chi connectivity index (χ1n) is 10.1. The molecule has 0 saturated carbocycles. The first kappa shape index (κ1) is 22.0. The van der Waals surface area contributed by atoms with Crippen molar-refractivity contribution in [1.82, 2.24) is 9.29 Å². The van der Waals surface area contributed by atoms with Crippen molar-refractivity contribution < 1.29 is 8.42 Å². The van der Waals surface area contributed by atoms with Crippen molar-refractivity contribution in [3.05, 3.63) is 64.5 Å². The summed E-state index contributed by atoms with van der Waals surface area (Å²) in [7, 11) is -3.45. The fraction of sp³-hybridized carbons (Fsp3) is 0.273. The molecule has 1 fully saturated rings. The number of halogens is 1. The molecule has 1 aliphatic rings. The van der Waals surface area contributed by atoms with Crippen LogP contribution in [0.5, 0.6) is 0 Å². The van der Waals surface area contributed by atoms with Crippen LogP contribution in [0, 0.1) is 0 Å². The smallest absolute Gasteiger partial charge is 0.243 e. The standard InChI is InChI=1S/C22H23ClN4O2S2/c23-20-8-4-3-7-18(20)15-24-26-22-25-21(16-30-22)17-9-11-19(12-10-17)31(28,29)27-13-5-1-2-6-14-27/h3-4,7-12,15-16H,1-2,5-6,13-14H2,(H,25,26). The first-order chi connectivity index (χ1) is 15.0. The molecule has 0 bridgehead atoms. The minimum atomic E-state index is -3.45. The summed E-state index contributed by atoms with van der Waals surface area (Å²) in [6, 6.07) is 14.4. The van der Waals surface area contributed by atoms with Gasteiger partial charge in [-0.1, -0.05) is 54.8 Å². The van der Waals surface area contributed by atoms with Gasteiger partial charge in [0.05, 0.1) is 16.8 Å². The van der Waals surface area contributed by atoms with E-state index >= 15 is 0 Å². The zero-order valence-electron chi connectivity index (χ0n) is 16.9. The van der Waals surface area contributed by atoms with Crippen molar-refractivity contribution >= 4 is 44.3 Å². The third-order valence-corrected chi connectivity index (χ3v) is 8.13. The van der Waals surface area contributed by atoms with Crippen LogP contribution in [0.3, 0.4) is 0 Å². The molecule has 31 heavy (non-hydrogen) atoms. The Morgan fingerprint density at radius 2 is 1.74 bits per heavy atom. The molecule has 2 heterocycles. The Labute approximate surface area is 191 Å². The summed E-state index contributed by atoms with van der Waals surface area (Å²) in [6.07, 6.45) is 5.67. The number of nitrogens with zero attached hydrogens (tertiary/aromatic N) is 3. The monoisotopic (exact) mass is 474 g/mol. The Morgan fingerprint density at radius 3 is 2.45 bits per heavy atom. The Kier molecular flexibility index (Phi) is 7.02. The van der Waals surface area contributed by atoms with Crippen LogP contribution < -0.4 is 5.43 Å². The molecule has 0 amide bonds. The lowest BCUT2D eigenvalue weighted by atomic mass is 10.2. The maximum absolute atomic E-state index is 12.9. The maximum Gasteiger partial charge on any atom is 0.243 e. The van der Waals surface area contributed by atoms with Crippen LogP contribution in [0.15, 0.2) is 63.9 Å². The molecule has 6 nitrogen and oxygen atoms in total. The van der Waals surface area contributed by atoms with Crippen molar-refractivity contribution in [3.8, 4) is 11.3 Å². The topological polar surface area (TPSA) is 74.7 Å². The van der Waals surface area contributed by atoms with Crippen LogP contribution in [0.25, 0.3) is 11.3 Å². The SMILES string of the molecule is O=S(=O)(c1ccc(-c2csc(NN=Cc3ccccc3Cl)n2)cc1)N1CCCCCC1. The molecular formula is C22H23ClN4O2S2. The number of thiazole rings is 1. The number of sulfonamides is 1. The van der Waals surface area contributed by atoms with Gasteiger partial charge in [-0.15, -0.1) is 11.3 Å². The second-order valence-electron chi connectivity index (χ2n) is 7.27. The van der Waals surface area contributed by atoms with Crippen molar-refractivity contribution in [2.45, 2.75) is 30.6 Å². The number of nitrogens with one attached hydrogen (secondary N) is 1. The van der Waals surface area contributed by atoms with Crippen molar-refractivity contribution in [3.63, 3.8) is 0 Å². The summed E-state index contributed by atoms with van der Waals surface area (Å²) in [6.45, 7) is 1.19. The highest BCUT2D eigenvalue weighted by Crippen LogP contribution is 2.27. The average Bonchev–Trinajstić information content (AvgIpc) is 3.07. The van der Waals surface area contributed by atoms with Crippen LogP contribution in [-0.4, -0.2) is 37.0 Å². The summed E-state index contributed by atoms with van der Waals surface area (Å²) in [5, 5.41) is 7.36. The van der Waals surface area contributed by atoms with E-state index in [2.05, 4.69) is 15.5 Å². The van der Waals surface area contributed by atoms with Gasteiger partial charge in [0.2, 0.25) is 15.2 Å². The number of hydrazone groups is 1. The van der Waals surface area contributed by atoms with Crippen LogP contribution >= 0.6 is 22.9 Å². The number of aromatic nitrogens is 1. The Balaban J connectivity index is 1.44. The van der Waals surface area contributed by atoms with E-state index in [1.54, 1.807) is 40.9 Å². The van der Waals surface area contributed by atoms with E-state index in [4.69, 9.17) is 11.6 Å². The second-order valence-corrected chi connectivity index (χ2v) is 10.5. The summed E-state index contributed by atoms with van der Waals surface area (Å²) >= 11 is 7.54. The highest BCUT2D eigenvalue weighted by atomic mass is 35.5. The maximum atomic E-state index is 12.9. The average molecular weight is 475 g/mol. The molecule has 1 saturated heterocycles. The van der Waals surface area contributed by atoms with E-state index in [0.29, 0.717) is 28.1 Å².